The van der Waals surface area contributed by atoms with Crippen molar-refractivity contribution in [2.75, 3.05) is 0 Å². The molecule has 2 heterocycles. The molecule has 1 aliphatic heterocycles. The summed E-state index contributed by atoms with van der Waals surface area (Å²) in [6.45, 7) is 2.58. The second-order valence-corrected chi connectivity index (χ2v) is 5.62. The number of nitrogens with zero attached hydrogens (tertiary/aromatic N) is 2. The Balaban J connectivity index is 2.21. The van der Waals surface area contributed by atoms with Gasteiger partial charge in [0.2, 0.25) is 5.60 Å². The molecule has 1 aromatic carbocycles. The summed E-state index contributed by atoms with van der Waals surface area (Å²) in [7, 11) is 0. The van der Waals surface area contributed by atoms with Gasteiger partial charge in [0.25, 0.3) is 0 Å². The molecule has 1 N–H and O–H groups in total. The lowest BCUT2D eigenvalue weighted by molar-refractivity contribution is -0.262. The van der Waals surface area contributed by atoms with Gasteiger partial charge >= 0.3 is 6.18 Å². The quantitative estimate of drug-likeness (QED) is 0.875. The number of imidazole rings is 1. The van der Waals surface area contributed by atoms with E-state index in [1.807, 2.05) is 31.2 Å². The number of hydrogen-bond acceptors (Lipinski definition) is 2. The van der Waals surface area contributed by atoms with E-state index in [2.05, 4.69) is 4.98 Å². The van der Waals surface area contributed by atoms with Crippen LogP contribution in [-0.4, -0.2) is 20.8 Å². The third kappa shape index (κ3) is 1.97. The van der Waals surface area contributed by atoms with Gasteiger partial charge in [-0.1, -0.05) is 24.3 Å². The van der Waals surface area contributed by atoms with Crippen molar-refractivity contribution < 1.29 is 18.3 Å². The van der Waals surface area contributed by atoms with Crippen LogP contribution in [0.5, 0.6) is 0 Å². The molecule has 0 amide bonds. The van der Waals surface area contributed by atoms with E-state index in [0.717, 1.165) is 18.1 Å². The normalized spacial score (nSPS) is 20.6. The zero-order valence-electron chi connectivity index (χ0n) is 11.6. The summed E-state index contributed by atoms with van der Waals surface area (Å²) < 4.78 is 40.8. The third-order valence-electron chi connectivity index (χ3n) is 4.03. The standard InChI is InChI=1S/C15H15F3N2O/c1-9-7-10-5-3-4-6-11(10)12-8-19-13(20(9)12)14(2,21)15(16,17)18/h3-6,8-9,21H,7H2,1-2H3. The summed E-state index contributed by atoms with van der Waals surface area (Å²) in [4.78, 5) is 3.88. The summed E-state index contributed by atoms with van der Waals surface area (Å²) in [6, 6.07) is 7.38. The van der Waals surface area contributed by atoms with E-state index in [0.29, 0.717) is 12.1 Å². The highest BCUT2D eigenvalue weighted by molar-refractivity contribution is 5.66. The predicted octanol–water partition coefficient (Wildman–Crippen LogP) is 3.44. The molecule has 2 unspecified atom stereocenters. The number of aromatic nitrogens is 2. The van der Waals surface area contributed by atoms with E-state index in [9.17, 15) is 18.3 Å². The maximum atomic E-state index is 13.1. The second-order valence-electron chi connectivity index (χ2n) is 5.62. The second kappa shape index (κ2) is 4.34. The molecule has 2 atom stereocenters. The van der Waals surface area contributed by atoms with Crippen molar-refractivity contribution in [3.63, 3.8) is 0 Å². The molecule has 0 saturated heterocycles. The van der Waals surface area contributed by atoms with Crippen LogP contribution in [0.1, 0.15) is 31.3 Å². The number of fused-ring (bicyclic) bond motifs is 3. The van der Waals surface area contributed by atoms with Gasteiger partial charge in [-0.2, -0.15) is 13.2 Å². The molecule has 21 heavy (non-hydrogen) atoms. The molecule has 112 valence electrons. The molecule has 2 aromatic rings. The molecule has 0 bridgehead atoms. The van der Waals surface area contributed by atoms with Gasteiger partial charge in [0.15, 0.2) is 5.82 Å². The van der Waals surface area contributed by atoms with Crippen molar-refractivity contribution in [1.82, 2.24) is 9.55 Å². The van der Waals surface area contributed by atoms with Crippen LogP contribution in [0.2, 0.25) is 0 Å². The minimum Gasteiger partial charge on any atom is -0.374 e. The molecular formula is C15H15F3N2O. The predicted molar refractivity (Wildman–Crippen MR) is 71.7 cm³/mol. The first-order valence-electron chi connectivity index (χ1n) is 6.68. The molecule has 0 fully saturated rings. The molecule has 1 aliphatic rings. The van der Waals surface area contributed by atoms with E-state index in [4.69, 9.17) is 0 Å². The lowest BCUT2D eigenvalue weighted by Gasteiger charge is -2.32. The Morgan fingerprint density at radius 2 is 1.95 bits per heavy atom. The highest BCUT2D eigenvalue weighted by Gasteiger charge is 2.54. The van der Waals surface area contributed by atoms with Gasteiger partial charge in [-0.25, -0.2) is 4.98 Å². The first-order chi connectivity index (χ1) is 9.73. The van der Waals surface area contributed by atoms with Gasteiger partial charge in [-0.05, 0) is 25.8 Å². The van der Waals surface area contributed by atoms with Crippen molar-refractivity contribution in [1.29, 1.82) is 0 Å². The Labute approximate surface area is 120 Å². The zero-order chi connectivity index (χ0) is 15.4. The minimum atomic E-state index is -4.77. The Bertz CT molecular complexity index is 688. The molecule has 3 nitrogen and oxygen atoms in total. The van der Waals surface area contributed by atoms with Crippen LogP contribution in [0.4, 0.5) is 13.2 Å². The molecule has 1 aromatic heterocycles. The monoisotopic (exact) mass is 296 g/mol. The van der Waals surface area contributed by atoms with E-state index in [-0.39, 0.29) is 11.9 Å². The van der Waals surface area contributed by atoms with Crippen molar-refractivity contribution in [2.24, 2.45) is 0 Å². The van der Waals surface area contributed by atoms with Crippen molar-refractivity contribution in [2.45, 2.75) is 38.1 Å². The van der Waals surface area contributed by atoms with Crippen LogP contribution in [0.15, 0.2) is 30.5 Å². The van der Waals surface area contributed by atoms with Gasteiger partial charge < -0.3 is 9.67 Å². The van der Waals surface area contributed by atoms with E-state index < -0.39 is 11.8 Å². The largest absolute Gasteiger partial charge is 0.424 e. The summed E-state index contributed by atoms with van der Waals surface area (Å²) in [5.41, 5.74) is -0.405. The fourth-order valence-electron chi connectivity index (χ4n) is 2.85. The minimum absolute atomic E-state index is 0.193. The average Bonchev–Trinajstić information content (AvgIpc) is 2.83. The SMILES string of the molecule is CC1Cc2ccccc2-c2cnc(C(C)(O)C(F)(F)F)n21. The van der Waals surface area contributed by atoms with E-state index in [1.165, 1.54) is 10.8 Å². The summed E-state index contributed by atoms with van der Waals surface area (Å²) in [5, 5.41) is 9.92. The van der Waals surface area contributed by atoms with Crippen molar-refractivity contribution in [3.8, 4) is 11.3 Å². The fraction of sp³-hybridized carbons (Fsp3) is 0.400. The third-order valence-corrected chi connectivity index (χ3v) is 4.03. The number of rotatable bonds is 1. The molecule has 3 rings (SSSR count). The molecular weight excluding hydrogens is 281 g/mol. The van der Waals surface area contributed by atoms with Crippen LogP contribution in [-0.2, 0) is 12.0 Å². The lowest BCUT2D eigenvalue weighted by atomic mass is 9.94. The van der Waals surface area contributed by atoms with Gasteiger partial charge in [0, 0.05) is 11.6 Å². The number of hydrogen-bond donors (Lipinski definition) is 1. The molecule has 0 saturated carbocycles. The van der Waals surface area contributed by atoms with Crippen molar-refractivity contribution in [3.05, 3.63) is 41.9 Å². The number of halogens is 3. The first kappa shape index (κ1) is 14.1. The number of aliphatic hydroxyl groups is 1. The van der Waals surface area contributed by atoms with E-state index >= 15 is 0 Å². The maximum Gasteiger partial charge on any atom is 0.424 e. The van der Waals surface area contributed by atoms with Crippen LogP contribution in [0.25, 0.3) is 11.3 Å². The van der Waals surface area contributed by atoms with Crippen LogP contribution in [0.3, 0.4) is 0 Å². The van der Waals surface area contributed by atoms with Gasteiger partial charge in [0.1, 0.15) is 0 Å². The Morgan fingerprint density at radius 3 is 2.62 bits per heavy atom. The summed E-state index contributed by atoms with van der Waals surface area (Å²) >= 11 is 0. The van der Waals surface area contributed by atoms with Crippen LogP contribution < -0.4 is 0 Å². The maximum absolute atomic E-state index is 13.1. The Hall–Kier alpha value is -1.82. The van der Waals surface area contributed by atoms with Gasteiger partial charge in [0.05, 0.1) is 11.9 Å². The van der Waals surface area contributed by atoms with Gasteiger partial charge in [-0.3, -0.25) is 0 Å². The fourth-order valence-corrected chi connectivity index (χ4v) is 2.85. The molecule has 0 spiro atoms. The summed E-state index contributed by atoms with van der Waals surface area (Å²) in [6.07, 6.45) is -2.75. The molecule has 0 radical (unpaired) electrons. The van der Waals surface area contributed by atoms with Gasteiger partial charge in [-0.15, -0.1) is 0 Å². The highest BCUT2D eigenvalue weighted by Crippen LogP contribution is 2.43. The van der Waals surface area contributed by atoms with Crippen LogP contribution >= 0.6 is 0 Å². The average molecular weight is 296 g/mol. The van der Waals surface area contributed by atoms with Crippen LogP contribution in [0, 0.1) is 0 Å². The first-order valence-corrected chi connectivity index (χ1v) is 6.68. The summed E-state index contributed by atoms with van der Waals surface area (Å²) in [5.74, 6) is -0.355. The zero-order valence-corrected chi connectivity index (χ0v) is 11.6. The smallest absolute Gasteiger partial charge is 0.374 e. The topological polar surface area (TPSA) is 38.1 Å². The molecule has 6 heteroatoms. The lowest BCUT2D eigenvalue weighted by Crippen LogP contribution is -2.42. The van der Waals surface area contributed by atoms with E-state index in [1.54, 1.807) is 0 Å². The molecule has 0 aliphatic carbocycles. The highest BCUT2D eigenvalue weighted by atomic mass is 19.4. The van der Waals surface area contributed by atoms with Crippen molar-refractivity contribution >= 4 is 0 Å². The number of benzene rings is 1. The number of alkyl halides is 3. The Kier molecular flexibility index (Phi) is 2.92. The Morgan fingerprint density at radius 1 is 1.29 bits per heavy atom.